The van der Waals surface area contributed by atoms with Crippen LogP contribution in [0.25, 0.3) is 0 Å². The standard InChI is InChI=1S/C3H7N3/c1-6-2-4-5-3-6/h2,5H,3H2,1H3. The van der Waals surface area contributed by atoms with Crippen LogP contribution in [0.5, 0.6) is 0 Å². The normalized spacial score (nSPS) is 18.5. The Bertz CT molecular complexity index is 68.4. The molecule has 1 heterocycles. The van der Waals surface area contributed by atoms with Gasteiger partial charge in [0, 0.05) is 7.05 Å². The molecule has 0 spiro atoms. The van der Waals surface area contributed by atoms with Gasteiger partial charge in [-0.25, -0.2) is 0 Å². The molecule has 0 radical (unpaired) electrons. The summed E-state index contributed by atoms with van der Waals surface area (Å²) in [5.74, 6) is 0. The zero-order valence-electron chi connectivity index (χ0n) is 3.68. The molecule has 0 fully saturated rings. The highest BCUT2D eigenvalue weighted by molar-refractivity contribution is 5.55. The van der Waals surface area contributed by atoms with Gasteiger partial charge in [-0.3, -0.25) is 5.43 Å². The Morgan fingerprint density at radius 2 is 2.83 bits per heavy atom. The van der Waals surface area contributed by atoms with Crippen LogP contribution in [0.2, 0.25) is 0 Å². The maximum atomic E-state index is 3.72. The zero-order chi connectivity index (χ0) is 4.41. The maximum absolute atomic E-state index is 3.72. The Hall–Kier alpha value is -0.730. The fourth-order valence-electron chi connectivity index (χ4n) is 0.333. The summed E-state index contributed by atoms with van der Waals surface area (Å²) in [5.41, 5.74) is 2.77. The Labute approximate surface area is 36.6 Å². The predicted molar refractivity (Wildman–Crippen MR) is 24.3 cm³/mol. The predicted octanol–water partition coefficient (Wildman–Crippen LogP) is -0.578. The van der Waals surface area contributed by atoms with E-state index in [1.807, 2.05) is 11.9 Å². The number of nitrogens with one attached hydrogen (secondary N) is 1. The van der Waals surface area contributed by atoms with E-state index in [4.69, 9.17) is 0 Å². The molecule has 0 saturated carbocycles. The smallest absolute Gasteiger partial charge is 0.112 e. The van der Waals surface area contributed by atoms with Crippen LogP contribution in [0.4, 0.5) is 0 Å². The van der Waals surface area contributed by atoms with E-state index in [0.717, 1.165) is 6.67 Å². The van der Waals surface area contributed by atoms with Crippen LogP contribution in [-0.2, 0) is 0 Å². The van der Waals surface area contributed by atoms with E-state index in [1.165, 1.54) is 0 Å². The first-order chi connectivity index (χ1) is 2.89. The average molecular weight is 85.1 g/mol. The quantitative estimate of drug-likeness (QED) is 0.426. The van der Waals surface area contributed by atoms with Crippen molar-refractivity contribution >= 4 is 6.34 Å². The van der Waals surface area contributed by atoms with Crippen LogP contribution in [0, 0.1) is 0 Å². The lowest BCUT2D eigenvalue weighted by molar-refractivity contribution is 0.514. The van der Waals surface area contributed by atoms with E-state index in [0.29, 0.717) is 0 Å². The number of hydrogen-bond acceptors (Lipinski definition) is 3. The van der Waals surface area contributed by atoms with Crippen molar-refractivity contribution in [1.29, 1.82) is 0 Å². The van der Waals surface area contributed by atoms with Gasteiger partial charge in [0.25, 0.3) is 0 Å². The number of hydrogen-bond donors (Lipinski definition) is 1. The van der Waals surface area contributed by atoms with Crippen molar-refractivity contribution < 1.29 is 0 Å². The maximum Gasteiger partial charge on any atom is 0.112 e. The summed E-state index contributed by atoms with van der Waals surface area (Å²) in [6.07, 6.45) is 1.75. The average Bonchev–Trinajstić information content (AvgIpc) is 1.86. The monoisotopic (exact) mass is 85.1 g/mol. The second kappa shape index (κ2) is 1.16. The molecule has 0 aromatic heterocycles. The third kappa shape index (κ3) is 0.429. The molecule has 34 valence electrons. The molecule has 0 bridgehead atoms. The third-order valence-corrected chi connectivity index (χ3v) is 0.666. The van der Waals surface area contributed by atoms with Crippen LogP contribution in [0.1, 0.15) is 0 Å². The lowest BCUT2D eigenvalue weighted by Crippen LogP contribution is -2.17. The molecule has 1 rings (SSSR count). The summed E-state index contributed by atoms with van der Waals surface area (Å²) in [6.45, 7) is 0.847. The van der Waals surface area contributed by atoms with Crippen LogP contribution in [0.15, 0.2) is 5.10 Å². The first-order valence-corrected chi connectivity index (χ1v) is 1.86. The van der Waals surface area contributed by atoms with Crippen molar-refractivity contribution in [2.45, 2.75) is 0 Å². The van der Waals surface area contributed by atoms with Crippen molar-refractivity contribution in [1.82, 2.24) is 10.3 Å². The Morgan fingerprint density at radius 3 is 3.00 bits per heavy atom. The fraction of sp³-hybridized carbons (Fsp3) is 0.667. The number of nitrogens with zero attached hydrogens (tertiary/aromatic N) is 2. The molecule has 0 aliphatic carbocycles. The minimum atomic E-state index is 0.847. The van der Waals surface area contributed by atoms with Crippen molar-refractivity contribution in [3.8, 4) is 0 Å². The van der Waals surface area contributed by atoms with Crippen LogP contribution in [-0.4, -0.2) is 25.0 Å². The van der Waals surface area contributed by atoms with E-state index < -0.39 is 0 Å². The largest absolute Gasteiger partial charge is 0.345 e. The molecule has 0 atom stereocenters. The van der Waals surface area contributed by atoms with Gasteiger partial charge in [-0.2, -0.15) is 5.10 Å². The zero-order valence-corrected chi connectivity index (χ0v) is 3.68. The summed E-state index contributed by atoms with van der Waals surface area (Å²) >= 11 is 0. The lowest BCUT2D eigenvalue weighted by atomic mass is 10.9. The van der Waals surface area contributed by atoms with Gasteiger partial charge in [0.05, 0.1) is 0 Å². The first-order valence-electron chi connectivity index (χ1n) is 1.86. The summed E-state index contributed by atoms with van der Waals surface area (Å²) in [7, 11) is 1.96. The van der Waals surface area contributed by atoms with Gasteiger partial charge in [-0.1, -0.05) is 0 Å². The Morgan fingerprint density at radius 1 is 2.00 bits per heavy atom. The van der Waals surface area contributed by atoms with E-state index in [9.17, 15) is 0 Å². The summed E-state index contributed by atoms with van der Waals surface area (Å²) in [6, 6.07) is 0. The molecule has 3 heteroatoms. The van der Waals surface area contributed by atoms with Crippen molar-refractivity contribution in [2.75, 3.05) is 13.7 Å². The lowest BCUT2D eigenvalue weighted by Gasteiger charge is -1.99. The van der Waals surface area contributed by atoms with Gasteiger partial charge in [-0.05, 0) is 0 Å². The SMILES string of the molecule is CN1C=NNC1. The van der Waals surface area contributed by atoms with E-state index >= 15 is 0 Å². The number of hydrazone groups is 1. The van der Waals surface area contributed by atoms with Crippen molar-refractivity contribution in [2.24, 2.45) is 5.10 Å². The molecule has 0 unspecified atom stereocenters. The van der Waals surface area contributed by atoms with E-state index in [1.54, 1.807) is 6.34 Å². The number of rotatable bonds is 0. The molecule has 1 aliphatic heterocycles. The van der Waals surface area contributed by atoms with E-state index in [2.05, 4.69) is 10.5 Å². The highest BCUT2D eigenvalue weighted by Gasteiger charge is 1.92. The highest BCUT2D eigenvalue weighted by Crippen LogP contribution is 1.77. The third-order valence-electron chi connectivity index (χ3n) is 0.666. The second-order valence-corrected chi connectivity index (χ2v) is 1.32. The Balaban J connectivity index is 2.38. The molecule has 1 aliphatic rings. The molecule has 0 amide bonds. The molecule has 0 aromatic carbocycles. The van der Waals surface area contributed by atoms with Crippen LogP contribution < -0.4 is 5.43 Å². The molecular weight excluding hydrogens is 78.1 g/mol. The van der Waals surface area contributed by atoms with Crippen LogP contribution in [0.3, 0.4) is 0 Å². The van der Waals surface area contributed by atoms with Gasteiger partial charge < -0.3 is 4.90 Å². The highest BCUT2D eigenvalue weighted by atomic mass is 15.5. The Kier molecular flexibility index (Phi) is 0.670. The van der Waals surface area contributed by atoms with E-state index in [-0.39, 0.29) is 0 Å². The molecule has 0 saturated heterocycles. The minimum absolute atomic E-state index is 0.847. The van der Waals surface area contributed by atoms with Gasteiger partial charge >= 0.3 is 0 Å². The fourth-order valence-corrected chi connectivity index (χ4v) is 0.333. The molecular formula is C3H7N3. The topological polar surface area (TPSA) is 27.6 Å². The van der Waals surface area contributed by atoms with Crippen molar-refractivity contribution in [3.63, 3.8) is 0 Å². The molecule has 1 N–H and O–H groups in total. The first kappa shape index (κ1) is 3.46. The van der Waals surface area contributed by atoms with Crippen molar-refractivity contribution in [3.05, 3.63) is 0 Å². The summed E-state index contributed by atoms with van der Waals surface area (Å²) in [5, 5.41) is 3.72. The summed E-state index contributed by atoms with van der Waals surface area (Å²) in [4.78, 5) is 1.96. The summed E-state index contributed by atoms with van der Waals surface area (Å²) < 4.78 is 0. The van der Waals surface area contributed by atoms with Gasteiger partial charge in [0.1, 0.15) is 13.0 Å². The van der Waals surface area contributed by atoms with Gasteiger partial charge in [0.15, 0.2) is 0 Å². The molecule has 3 nitrogen and oxygen atoms in total. The molecule has 6 heavy (non-hydrogen) atoms. The van der Waals surface area contributed by atoms with Crippen LogP contribution >= 0.6 is 0 Å². The minimum Gasteiger partial charge on any atom is -0.345 e. The van der Waals surface area contributed by atoms with Gasteiger partial charge in [-0.15, -0.1) is 0 Å². The molecule has 0 aromatic rings. The van der Waals surface area contributed by atoms with Gasteiger partial charge in [0.2, 0.25) is 0 Å². The second-order valence-electron chi connectivity index (χ2n) is 1.32.